The highest BCUT2D eigenvalue weighted by molar-refractivity contribution is 7.89. The van der Waals surface area contributed by atoms with Gasteiger partial charge in [0, 0.05) is 18.8 Å². The quantitative estimate of drug-likeness (QED) is 0.814. The highest BCUT2D eigenvalue weighted by Gasteiger charge is 2.31. The number of nitriles is 1. The van der Waals surface area contributed by atoms with E-state index >= 15 is 0 Å². The molecule has 1 N–H and O–H groups in total. The first-order valence-electron chi connectivity index (χ1n) is 6.50. The molecule has 0 saturated heterocycles. The van der Waals surface area contributed by atoms with Crippen LogP contribution in [0.1, 0.15) is 32.4 Å². The predicted octanol–water partition coefficient (Wildman–Crippen LogP) is 1.12. The van der Waals surface area contributed by atoms with Crippen LogP contribution in [0.4, 0.5) is 0 Å². The molecule has 1 rings (SSSR count). The third-order valence-corrected chi connectivity index (χ3v) is 5.12. The number of aliphatic hydroxyl groups is 1. The van der Waals surface area contributed by atoms with Gasteiger partial charge in [0.1, 0.15) is 11.0 Å². The second kappa shape index (κ2) is 7.33. The highest BCUT2D eigenvalue weighted by atomic mass is 32.2. The lowest BCUT2D eigenvalue weighted by Crippen LogP contribution is -2.41. The van der Waals surface area contributed by atoms with Gasteiger partial charge in [0.2, 0.25) is 10.0 Å². The molecule has 0 spiro atoms. The Kier molecular flexibility index (Phi) is 6.07. The third-order valence-electron chi connectivity index (χ3n) is 3.13. The van der Waals surface area contributed by atoms with E-state index in [0.29, 0.717) is 12.8 Å². The van der Waals surface area contributed by atoms with Gasteiger partial charge in [-0.1, -0.05) is 13.8 Å². The van der Waals surface area contributed by atoms with Gasteiger partial charge in [-0.15, -0.1) is 0 Å². The van der Waals surface area contributed by atoms with Crippen molar-refractivity contribution in [1.29, 1.82) is 5.26 Å². The summed E-state index contributed by atoms with van der Waals surface area (Å²) in [6.07, 6.45) is 2.65. The average molecular weight is 297 g/mol. The monoisotopic (exact) mass is 297 g/mol. The van der Waals surface area contributed by atoms with Gasteiger partial charge in [-0.2, -0.15) is 9.57 Å². The summed E-state index contributed by atoms with van der Waals surface area (Å²) in [5, 5.41) is 18.1. The Labute approximate surface area is 119 Å². The summed E-state index contributed by atoms with van der Waals surface area (Å²) in [4.78, 5) is 3.68. The second-order valence-electron chi connectivity index (χ2n) is 4.27. The van der Waals surface area contributed by atoms with Crippen LogP contribution >= 0.6 is 0 Å². The number of aliphatic hydroxyl groups excluding tert-OH is 1. The first-order valence-corrected chi connectivity index (χ1v) is 7.94. The minimum Gasteiger partial charge on any atom is -0.395 e. The minimum absolute atomic E-state index is 0.00838. The first kappa shape index (κ1) is 16.6. The molecule has 0 radical (unpaired) electrons. The van der Waals surface area contributed by atoms with Crippen LogP contribution in [0, 0.1) is 11.3 Å². The molecule has 0 aromatic carbocycles. The van der Waals surface area contributed by atoms with Crippen LogP contribution in [0.15, 0.2) is 23.2 Å². The number of hydrogen-bond donors (Lipinski definition) is 1. The fraction of sp³-hybridized carbons (Fsp3) is 0.538. The van der Waals surface area contributed by atoms with E-state index in [0.717, 1.165) is 0 Å². The summed E-state index contributed by atoms with van der Waals surface area (Å²) in [5.41, 5.74) is -0.124. The van der Waals surface area contributed by atoms with Gasteiger partial charge < -0.3 is 5.11 Å². The van der Waals surface area contributed by atoms with E-state index in [2.05, 4.69) is 4.98 Å². The Balaban J connectivity index is 3.33. The van der Waals surface area contributed by atoms with Crippen LogP contribution in [0.3, 0.4) is 0 Å². The minimum atomic E-state index is -3.84. The van der Waals surface area contributed by atoms with E-state index in [1.807, 2.05) is 13.8 Å². The largest absolute Gasteiger partial charge is 0.395 e. The van der Waals surface area contributed by atoms with Gasteiger partial charge in [0.05, 0.1) is 6.61 Å². The van der Waals surface area contributed by atoms with E-state index in [-0.39, 0.29) is 29.8 Å². The van der Waals surface area contributed by atoms with E-state index in [9.17, 15) is 8.42 Å². The van der Waals surface area contributed by atoms with Gasteiger partial charge in [0.25, 0.3) is 0 Å². The predicted molar refractivity (Wildman–Crippen MR) is 74.3 cm³/mol. The molecule has 0 amide bonds. The van der Waals surface area contributed by atoms with Gasteiger partial charge >= 0.3 is 0 Å². The van der Waals surface area contributed by atoms with Gasteiger partial charge in [-0.25, -0.2) is 13.4 Å². The van der Waals surface area contributed by atoms with Gasteiger partial charge in [-0.3, -0.25) is 0 Å². The van der Waals surface area contributed by atoms with Crippen molar-refractivity contribution in [1.82, 2.24) is 9.29 Å². The number of pyridine rings is 1. The molecule has 0 atom stereocenters. The standard InChI is InChI=1S/C13H19N3O3S/c1-3-11(4-2)16(8-9-17)20(18,19)13-6-5-7-15-12(13)10-14/h5-7,11,17H,3-4,8-9H2,1-2H3. The molecule has 0 bridgehead atoms. The van der Waals surface area contributed by atoms with Crippen molar-refractivity contribution in [2.24, 2.45) is 0 Å². The maximum Gasteiger partial charge on any atom is 0.246 e. The SMILES string of the molecule is CCC(CC)N(CCO)S(=O)(=O)c1cccnc1C#N. The van der Waals surface area contributed by atoms with Crippen molar-refractivity contribution >= 4 is 10.0 Å². The summed E-state index contributed by atoms with van der Waals surface area (Å²) in [7, 11) is -3.84. The molecule has 0 saturated carbocycles. The maximum absolute atomic E-state index is 12.7. The van der Waals surface area contributed by atoms with Crippen molar-refractivity contribution in [3.63, 3.8) is 0 Å². The summed E-state index contributed by atoms with van der Waals surface area (Å²) in [6, 6.07) is 4.44. The smallest absolute Gasteiger partial charge is 0.246 e. The van der Waals surface area contributed by atoms with Crippen LogP contribution in [0.25, 0.3) is 0 Å². The normalized spacial score (nSPS) is 11.8. The maximum atomic E-state index is 12.7. The zero-order chi connectivity index (χ0) is 15.2. The Morgan fingerprint density at radius 3 is 2.60 bits per heavy atom. The number of rotatable bonds is 7. The summed E-state index contributed by atoms with van der Waals surface area (Å²) >= 11 is 0. The van der Waals surface area contributed by atoms with E-state index in [1.54, 1.807) is 6.07 Å². The van der Waals surface area contributed by atoms with Gasteiger partial charge in [0.15, 0.2) is 5.69 Å². The Bertz CT molecular complexity index is 577. The number of hydrogen-bond acceptors (Lipinski definition) is 5. The van der Waals surface area contributed by atoms with Crippen LogP contribution in [-0.4, -0.2) is 42.0 Å². The number of sulfonamides is 1. The molecule has 20 heavy (non-hydrogen) atoms. The molecule has 6 nitrogen and oxygen atoms in total. The van der Waals surface area contributed by atoms with Crippen molar-refractivity contribution < 1.29 is 13.5 Å². The van der Waals surface area contributed by atoms with Crippen molar-refractivity contribution in [2.45, 2.75) is 37.6 Å². The van der Waals surface area contributed by atoms with Crippen LogP contribution in [0.5, 0.6) is 0 Å². The van der Waals surface area contributed by atoms with Crippen molar-refractivity contribution in [2.75, 3.05) is 13.2 Å². The van der Waals surface area contributed by atoms with Crippen molar-refractivity contribution in [3.8, 4) is 6.07 Å². The molecule has 110 valence electrons. The van der Waals surface area contributed by atoms with E-state index < -0.39 is 10.0 Å². The second-order valence-corrected chi connectivity index (χ2v) is 6.13. The zero-order valence-electron chi connectivity index (χ0n) is 11.7. The number of aromatic nitrogens is 1. The Hall–Kier alpha value is -1.49. The fourth-order valence-corrected chi connectivity index (χ4v) is 3.96. The molecule has 1 aromatic heterocycles. The summed E-state index contributed by atoms with van der Waals surface area (Å²) in [6.45, 7) is 3.53. The molecule has 0 aliphatic rings. The van der Waals surface area contributed by atoms with E-state index in [1.165, 1.54) is 22.6 Å². The van der Waals surface area contributed by atoms with Gasteiger partial charge in [-0.05, 0) is 25.0 Å². The molecule has 7 heteroatoms. The highest BCUT2D eigenvalue weighted by Crippen LogP contribution is 2.22. The van der Waals surface area contributed by atoms with Crippen LogP contribution in [0.2, 0.25) is 0 Å². The van der Waals surface area contributed by atoms with Crippen molar-refractivity contribution in [3.05, 3.63) is 24.0 Å². The Morgan fingerprint density at radius 2 is 2.10 bits per heavy atom. The third kappa shape index (κ3) is 3.33. The van der Waals surface area contributed by atoms with Crippen LogP contribution in [-0.2, 0) is 10.0 Å². The molecule has 1 aromatic rings. The molecule has 0 aliphatic heterocycles. The molecular weight excluding hydrogens is 278 g/mol. The van der Waals surface area contributed by atoms with Crippen LogP contribution < -0.4 is 0 Å². The number of nitrogens with zero attached hydrogens (tertiary/aromatic N) is 3. The zero-order valence-corrected chi connectivity index (χ0v) is 12.5. The van der Waals surface area contributed by atoms with E-state index in [4.69, 9.17) is 10.4 Å². The molecule has 1 heterocycles. The molecule has 0 aliphatic carbocycles. The molecule has 0 unspecified atom stereocenters. The summed E-state index contributed by atoms with van der Waals surface area (Å²) in [5.74, 6) is 0. The molecular formula is C13H19N3O3S. The topological polar surface area (TPSA) is 94.3 Å². The average Bonchev–Trinajstić information content (AvgIpc) is 2.47. The lowest BCUT2D eigenvalue weighted by Gasteiger charge is -2.29. The Morgan fingerprint density at radius 1 is 1.45 bits per heavy atom. The lowest BCUT2D eigenvalue weighted by molar-refractivity contribution is 0.219. The first-order chi connectivity index (χ1) is 9.52. The summed E-state index contributed by atoms with van der Waals surface area (Å²) < 4.78 is 26.6. The fourth-order valence-electron chi connectivity index (χ4n) is 2.10. The molecule has 0 fully saturated rings. The lowest BCUT2D eigenvalue weighted by atomic mass is 10.2.